The van der Waals surface area contributed by atoms with Crippen molar-refractivity contribution in [1.82, 2.24) is 9.97 Å². The van der Waals surface area contributed by atoms with Gasteiger partial charge in [-0.3, -0.25) is 19.9 Å². The summed E-state index contributed by atoms with van der Waals surface area (Å²) in [5, 5.41) is 10.6. The molecule has 1 heterocycles. The lowest BCUT2D eigenvalue weighted by Crippen LogP contribution is -2.20. The lowest BCUT2D eigenvalue weighted by atomic mass is 10.2. The molecule has 1 aromatic heterocycles. The highest BCUT2D eigenvalue weighted by molar-refractivity contribution is 5.82. The number of nitro groups is 1. The summed E-state index contributed by atoms with van der Waals surface area (Å²) >= 11 is 0. The largest absolute Gasteiger partial charge is 0.325 e. The van der Waals surface area contributed by atoms with Crippen molar-refractivity contribution in [2.45, 2.75) is 0 Å². The molecule has 96 valence electrons. The molecule has 8 heteroatoms. The highest BCUT2D eigenvalue weighted by Gasteiger charge is 2.04. The fourth-order valence-corrected chi connectivity index (χ4v) is 1.36. The number of nitrogens with zero attached hydrogens (tertiary/aromatic N) is 2. The molecule has 2 aromatic rings. The molecular weight excluding hydrogens is 252 g/mol. The molecule has 0 saturated carbocycles. The molecule has 0 aliphatic carbocycles. The molecule has 19 heavy (non-hydrogen) atoms. The van der Waals surface area contributed by atoms with Gasteiger partial charge in [-0.1, -0.05) is 12.1 Å². The first-order valence-corrected chi connectivity index (χ1v) is 5.17. The molecule has 0 amide bonds. The molecule has 8 nitrogen and oxygen atoms in total. The molecule has 0 aliphatic heterocycles. The van der Waals surface area contributed by atoms with Crippen LogP contribution < -0.4 is 11.2 Å². The van der Waals surface area contributed by atoms with Crippen molar-refractivity contribution in [3.8, 4) is 0 Å². The second-order valence-corrected chi connectivity index (χ2v) is 3.57. The Morgan fingerprint density at radius 1 is 1.32 bits per heavy atom. The van der Waals surface area contributed by atoms with Crippen LogP contribution in [0.3, 0.4) is 0 Å². The van der Waals surface area contributed by atoms with Crippen LogP contribution in [-0.2, 0) is 0 Å². The van der Waals surface area contributed by atoms with E-state index in [9.17, 15) is 19.7 Å². The number of benzene rings is 1. The van der Waals surface area contributed by atoms with Gasteiger partial charge in [0.1, 0.15) is 5.69 Å². The number of rotatable bonds is 3. The Morgan fingerprint density at radius 3 is 2.79 bits per heavy atom. The zero-order valence-electron chi connectivity index (χ0n) is 9.49. The van der Waals surface area contributed by atoms with Gasteiger partial charge in [0.05, 0.1) is 4.92 Å². The summed E-state index contributed by atoms with van der Waals surface area (Å²) in [5.74, 6) is 0. The molecule has 0 unspecified atom stereocenters. The van der Waals surface area contributed by atoms with Crippen LogP contribution in [0.1, 0.15) is 5.56 Å². The average molecular weight is 260 g/mol. The Kier molecular flexibility index (Phi) is 3.33. The van der Waals surface area contributed by atoms with Gasteiger partial charge in [-0.05, 0) is 5.56 Å². The van der Waals surface area contributed by atoms with E-state index in [0.717, 1.165) is 6.20 Å². The summed E-state index contributed by atoms with van der Waals surface area (Å²) in [7, 11) is 0. The Morgan fingerprint density at radius 2 is 2.11 bits per heavy atom. The molecule has 0 saturated heterocycles. The number of non-ortho nitro benzene ring substituents is 1. The summed E-state index contributed by atoms with van der Waals surface area (Å²) < 4.78 is 0. The molecule has 0 atom stereocenters. The van der Waals surface area contributed by atoms with Crippen LogP contribution in [0, 0.1) is 10.1 Å². The van der Waals surface area contributed by atoms with Crippen LogP contribution in [0.2, 0.25) is 0 Å². The third kappa shape index (κ3) is 3.00. The predicted octanol–water partition coefficient (Wildman–Crippen LogP) is 0.722. The van der Waals surface area contributed by atoms with E-state index < -0.39 is 16.2 Å². The van der Waals surface area contributed by atoms with Gasteiger partial charge in [-0.15, -0.1) is 0 Å². The third-order valence-corrected chi connectivity index (χ3v) is 2.23. The molecule has 0 fully saturated rings. The Labute approximate surface area is 105 Å². The SMILES string of the molecule is O=c1[nH]cc(N=Cc2cccc([N+](=O)[O-])c2)c(=O)[nH]1. The Hall–Kier alpha value is -3.03. The number of nitro benzene ring substituents is 1. The molecule has 1 aromatic carbocycles. The Bertz CT molecular complexity index is 760. The van der Waals surface area contributed by atoms with E-state index in [2.05, 4.69) is 9.98 Å². The standard InChI is InChI=1S/C11H8N4O4/c16-10-9(6-13-11(17)14-10)12-5-7-2-1-3-8(4-7)15(18)19/h1-6H,(H2,13,14,16,17). The fourth-order valence-electron chi connectivity index (χ4n) is 1.36. The summed E-state index contributed by atoms with van der Waals surface area (Å²) in [6, 6.07) is 5.79. The summed E-state index contributed by atoms with van der Waals surface area (Å²) in [4.78, 5) is 40.3. The van der Waals surface area contributed by atoms with Crippen molar-refractivity contribution in [3.63, 3.8) is 0 Å². The maximum absolute atomic E-state index is 11.3. The highest BCUT2D eigenvalue weighted by atomic mass is 16.6. The summed E-state index contributed by atoms with van der Waals surface area (Å²) in [5.41, 5.74) is -0.852. The lowest BCUT2D eigenvalue weighted by molar-refractivity contribution is -0.384. The van der Waals surface area contributed by atoms with Gasteiger partial charge in [0.15, 0.2) is 0 Å². The first kappa shape index (κ1) is 12.4. The minimum absolute atomic E-state index is 0.00565. The van der Waals surface area contributed by atoms with Crippen LogP contribution in [0.5, 0.6) is 0 Å². The van der Waals surface area contributed by atoms with Crippen molar-refractivity contribution in [2.24, 2.45) is 4.99 Å². The number of H-pyrrole nitrogens is 2. The molecule has 0 aliphatic rings. The molecule has 2 N–H and O–H groups in total. The van der Waals surface area contributed by atoms with Gasteiger partial charge in [0.2, 0.25) is 0 Å². The predicted molar refractivity (Wildman–Crippen MR) is 68.0 cm³/mol. The van der Waals surface area contributed by atoms with Gasteiger partial charge in [-0.2, -0.15) is 0 Å². The minimum Gasteiger partial charge on any atom is -0.312 e. The maximum atomic E-state index is 11.3. The molecule has 0 spiro atoms. The molecule has 0 bridgehead atoms. The zero-order chi connectivity index (χ0) is 13.8. The number of hydrogen-bond donors (Lipinski definition) is 2. The normalized spacial score (nSPS) is 10.7. The maximum Gasteiger partial charge on any atom is 0.325 e. The van der Waals surface area contributed by atoms with Gasteiger partial charge >= 0.3 is 5.69 Å². The zero-order valence-corrected chi connectivity index (χ0v) is 9.49. The van der Waals surface area contributed by atoms with E-state index in [-0.39, 0.29) is 11.4 Å². The Balaban J connectivity index is 2.32. The van der Waals surface area contributed by atoms with Gasteiger partial charge in [0.25, 0.3) is 11.2 Å². The van der Waals surface area contributed by atoms with Crippen LogP contribution >= 0.6 is 0 Å². The van der Waals surface area contributed by atoms with E-state index in [0.29, 0.717) is 5.56 Å². The average Bonchev–Trinajstić information content (AvgIpc) is 2.38. The van der Waals surface area contributed by atoms with Crippen molar-refractivity contribution in [2.75, 3.05) is 0 Å². The van der Waals surface area contributed by atoms with Crippen molar-refractivity contribution in [1.29, 1.82) is 0 Å². The van der Waals surface area contributed by atoms with E-state index in [1.54, 1.807) is 6.07 Å². The van der Waals surface area contributed by atoms with Crippen molar-refractivity contribution >= 4 is 17.6 Å². The molecule has 2 rings (SSSR count). The van der Waals surface area contributed by atoms with Crippen molar-refractivity contribution < 1.29 is 4.92 Å². The van der Waals surface area contributed by atoms with Gasteiger partial charge in [-0.25, -0.2) is 9.79 Å². The third-order valence-electron chi connectivity index (χ3n) is 2.23. The van der Waals surface area contributed by atoms with E-state index in [4.69, 9.17) is 0 Å². The fraction of sp³-hybridized carbons (Fsp3) is 0. The van der Waals surface area contributed by atoms with Crippen LogP contribution in [0.4, 0.5) is 11.4 Å². The summed E-state index contributed by atoms with van der Waals surface area (Å²) in [6.45, 7) is 0. The van der Waals surface area contributed by atoms with E-state index in [1.165, 1.54) is 24.4 Å². The van der Waals surface area contributed by atoms with Crippen molar-refractivity contribution in [3.05, 3.63) is 67.0 Å². The highest BCUT2D eigenvalue weighted by Crippen LogP contribution is 2.12. The topological polar surface area (TPSA) is 121 Å². The number of aliphatic imine (C=N–C) groups is 1. The first-order chi connectivity index (χ1) is 9.06. The smallest absolute Gasteiger partial charge is 0.312 e. The lowest BCUT2D eigenvalue weighted by Gasteiger charge is -1.94. The second kappa shape index (κ2) is 5.08. The second-order valence-electron chi connectivity index (χ2n) is 3.57. The van der Waals surface area contributed by atoms with Gasteiger partial charge < -0.3 is 4.98 Å². The number of hydrogen-bond acceptors (Lipinski definition) is 5. The number of nitrogens with one attached hydrogen (secondary N) is 2. The first-order valence-electron chi connectivity index (χ1n) is 5.17. The monoisotopic (exact) mass is 260 g/mol. The van der Waals surface area contributed by atoms with Crippen LogP contribution in [0.25, 0.3) is 0 Å². The van der Waals surface area contributed by atoms with E-state index >= 15 is 0 Å². The summed E-state index contributed by atoms with van der Waals surface area (Å²) in [6.07, 6.45) is 2.46. The quantitative estimate of drug-likeness (QED) is 0.479. The van der Waals surface area contributed by atoms with Gasteiger partial charge in [0, 0.05) is 24.5 Å². The number of aromatic nitrogens is 2. The van der Waals surface area contributed by atoms with Crippen LogP contribution in [-0.4, -0.2) is 21.1 Å². The molecular formula is C11H8N4O4. The number of aromatic amines is 2. The van der Waals surface area contributed by atoms with E-state index in [1.807, 2.05) is 4.98 Å². The minimum atomic E-state index is -0.634. The van der Waals surface area contributed by atoms with Crippen LogP contribution in [0.15, 0.2) is 45.0 Å². The molecule has 0 radical (unpaired) electrons.